The van der Waals surface area contributed by atoms with Gasteiger partial charge < -0.3 is 9.64 Å². The van der Waals surface area contributed by atoms with E-state index in [4.69, 9.17) is 4.74 Å². The van der Waals surface area contributed by atoms with E-state index in [0.717, 1.165) is 5.69 Å². The number of esters is 1. The Kier molecular flexibility index (Phi) is 3.65. The van der Waals surface area contributed by atoms with Gasteiger partial charge in [0.1, 0.15) is 5.69 Å². The summed E-state index contributed by atoms with van der Waals surface area (Å²) in [6, 6.07) is 7.45. The number of ether oxygens (including phenoxy) is 1. The second-order valence-electron chi connectivity index (χ2n) is 3.30. The Hall–Kier alpha value is -1.35. The summed E-state index contributed by atoms with van der Waals surface area (Å²) in [7, 11) is 4.08. The normalized spacial score (nSPS) is 10.3. The highest BCUT2D eigenvalue weighted by atomic mass is 16.5. The fraction of sp³-hybridized carbons (Fsp3) is 0.364. The molecule has 0 amide bonds. The molecule has 0 aliphatic heterocycles. The van der Waals surface area contributed by atoms with Crippen LogP contribution in [0, 0.1) is 0 Å². The molecule has 1 aromatic rings. The molecule has 1 N–H and O–H groups in total. The first-order valence-corrected chi connectivity index (χ1v) is 4.73. The van der Waals surface area contributed by atoms with Crippen molar-refractivity contribution in [3.8, 4) is 0 Å². The molecule has 0 aromatic heterocycles. The Morgan fingerprint density at radius 2 is 1.86 bits per heavy atom. The zero-order chi connectivity index (χ0) is 10.6. The molecule has 0 radical (unpaired) electrons. The molecule has 0 saturated carbocycles. The van der Waals surface area contributed by atoms with Gasteiger partial charge in [-0.15, -0.1) is 0 Å². The molecule has 76 valence electrons. The third kappa shape index (κ3) is 2.57. The number of hydrogen-bond donors (Lipinski definition) is 1. The summed E-state index contributed by atoms with van der Waals surface area (Å²) in [5.41, 5.74) is 1.76. The molecule has 0 heterocycles. The van der Waals surface area contributed by atoms with Gasteiger partial charge in [0.15, 0.2) is 0 Å². The predicted molar refractivity (Wildman–Crippen MR) is 54.9 cm³/mol. The standard InChI is InChI=1S/C11H15NO2/c1-4-14-11(13)9-5-7-10(8-6-9)12(2)3/h5-8H,4H2,1-3H3/p+1. The molecular formula is C11H16NO2+. The predicted octanol–water partition coefficient (Wildman–Crippen LogP) is 0.639. The van der Waals surface area contributed by atoms with E-state index >= 15 is 0 Å². The van der Waals surface area contributed by atoms with E-state index in [1.807, 2.05) is 26.2 Å². The van der Waals surface area contributed by atoms with Crippen molar-refractivity contribution in [1.29, 1.82) is 0 Å². The van der Waals surface area contributed by atoms with Crippen LogP contribution in [0.4, 0.5) is 5.69 Å². The lowest BCUT2D eigenvalue weighted by Crippen LogP contribution is -3.00. The Morgan fingerprint density at radius 3 is 2.29 bits per heavy atom. The van der Waals surface area contributed by atoms with E-state index < -0.39 is 0 Å². The summed E-state index contributed by atoms with van der Waals surface area (Å²) in [5, 5.41) is 0. The summed E-state index contributed by atoms with van der Waals surface area (Å²) >= 11 is 0. The number of rotatable bonds is 3. The number of quaternary nitrogens is 1. The van der Waals surface area contributed by atoms with Crippen LogP contribution in [0.3, 0.4) is 0 Å². The second-order valence-corrected chi connectivity index (χ2v) is 3.30. The van der Waals surface area contributed by atoms with Crippen molar-refractivity contribution in [1.82, 2.24) is 0 Å². The smallest absolute Gasteiger partial charge is 0.338 e. The summed E-state index contributed by atoms with van der Waals surface area (Å²) in [4.78, 5) is 12.5. The zero-order valence-electron chi connectivity index (χ0n) is 8.83. The van der Waals surface area contributed by atoms with Gasteiger partial charge in [0.25, 0.3) is 0 Å². The zero-order valence-corrected chi connectivity index (χ0v) is 8.83. The highest BCUT2D eigenvalue weighted by molar-refractivity contribution is 5.89. The molecule has 3 heteroatoms. The fourth-order valence-corrected chi connectivity index (χ4v) is 1.15. The fourth-order valence-electron chi connectivity index (χ4n) is 1.15. The summed E-state index contributed by atoms with van der Waals surface area (Å²) in [5.74, 6) is -0.257. The van der Waals surface area contributed by atoms with Gasteiger partial charge in [0.2, 0.25) is 0 Å². The number of benzene rings is 1. The van der Waals surface area contributed by atoms with E-state index in [2.05, 4.69) is 0 Å². The quantitative estimate of drug-likeness (QED) is 0.716. The van der Waals surface area contributed by atoms with Gasteiger partial charge in [-0.25, -0.2) is 4.79 Å². The SMILES string of the molecule is CCOC(=O)c1ccc([NH+](C)C)cc1. The van der Waals surface area contributed by atoms with Gasteiger partial charge in [0.05, 0.1) is 26.3 Å². The molecule has 1 aromatic carbocycles. The maximum absolute atomic E-state index is 11.3. The van der Waals surface area contributed by atoms with Crippen LogP contribution >= 0.6 is 0 Å². The van der Waals surface area contributed by atoms with Crippen molar-refractivity contribution in [2.45, 2.75) is 6.92 Å². The lowest BCUT2D eigenvalue weighted by Gasteiger charge is -2.06. The maximum Gasteiger partial charge on any atom is 0.338 e. The molecule has 0 atom stereocenters. The average Bonchev–Trinajstić information content (AvgIpc) is 2.18. The van der Waals surface area contributed by atoms with Crippen molar-refractivity contribution in [3.05, 3.63) is 29.8 Å². The van der Waals surface area contributed by atoms with Crippen molar-refractivity contribution < 1.29 is 14.4 Å². The Balaban J connectivity index is 2.78. The minimum atomic E-state index is -0.257. The van der Waals surface area contributed by atoms with Gasteiger partial charge >= 0.3 is 5.97 Å². The van der Waals surface area contributed by atoms with E-state index in [0.29, 0.717) is 12.2 Å². The lowest BCUT2D eigenvalue weighted by molar-refractivity contribution is -0.786. The molecule has 0 unspecified atom stereocenters. The Morgan fingerprint density at radius 1 is 1.29 bits per heavy atom. The average molecular weight is 194 g/mol. The lowest BCUT2D eigenvalue weighted by atomic mass is 10.2. The van der Waals surface area contributed by atoms with Crippen LogP contribution in [0.25, 0.3) is 0 Å². The molecule has 0 spiro atoms. The summed E-state index contributed by atoms with van der Waals surface area (Å²) in [6.45, 7) is 2.22. The molecule has 1 rings (SSSR count). The number of nitrogens with one attached hydrogen (secondary N) is 1. The van der Waals surface area contributed by atoms with Crippen LogP contribution < -0.4 is 4.90 Å². The molecule has 0 aliphatic carbocycles. The van der Waals surface area contributed by atoms with E-state index in [1.165, 1.54) is 4.90 Å². The summed E-state index contributed by atoms with van der Waals surface area (Å²) in [6.07, 6.45) is 0. The van der Waals surface area contributed by atoms with Crippen LogP contribution in [-0.4, -0.2) is 26.7 Å². The first kappa shape index (κ1) is 10.7. The van der Waals surface area contributed by atoms with Gasteiger partial charge in [-0.1, -0.05) is 0 Å². The van der Waals surface area contributed by atoms with Gasteiger partial charge in [-0.05, 0) is 31.2 Å². The maximum atomic E-state index is 11.3. The van der Waals surface area contributed by atoms with Crippen LogP contribution in [0.5, 0.6) is 0 Å². The third-order valence-electron chi connectivity index (χ3n) is 1.97. The number of carbonyl (C=O) groups is 1. The summed E-state index contributed by atoms with van der Waals surface area (Å²) < 4.78 is 4.88. The van der Waals surface area contributed by atoms with Crippen molar-refractivity contribution in [2.24, 2.45) is 0 Å². The molecule has 0 aliphatic rings. The topological polar surface area (TPSA) is 30.7 Å². The largest absolute Gasteiger partial charge is 0.462 e. The third-order valence-corrected chi connectivity index (χ3v) is 1.97. The first-order valence-electron chi connectivity index (χ1n) is 4.73. The molecule has 0 fully saturated rings. The minimum absolute atomic E-state index is 0.257. The minimum Gasteiger partial charge on any atom is -0.462 e. The Bertz CT molecular complexity index is 304. The van der Waals surface area contributed by atoms with Gasteiger partial charge in [-0.3, -0.25) is 0 Å². The molecule has 0 saturated heterocycles. The van der Waals surface area contributed by atoms with E-state index in [9.17, 15) is 4.79 Å². The van der Waals surface area contributed by atoms with Crippen LogP contribution in [0.15, 0.2) is 24.3 Å². The number of carbonyl (C=O) groups excluding carboxylic acids is 1. The van der Waals surface area contributed by atoms with Gasteiger partial charge in [0, 0.05) is 0 Å². The van der Waals surface area contributed by atoms with Crippen LogP contribution in [-0.2, 0) is 4.74 Å². The van der Waals surface area contributed by atoms with Crippen LogP contribution in [0.1, 0.15) is 17.3 Å². The van der Waals surface area contributed by atoms with E-state index in [1.54, 1.807) is 19.1 Å². The van der Waals surface area contributed by atoms with Crippen molar-refractivity contribution >= 4 is 11.7 Å². The van der Waals surface area contributed by atoms with Gasteiger partial charge in [-0.2, -0.15) is 0 Å². The number of hydrogen-bond acceptors (Lipinski definition) is 2. The Labute approximate surface area is 84.3 Å². The highest BCUT2D eigenvalue weighted by Gasteiger charge is 2.07. The molecule has 14 heavy (non-hydrogen) atoms. The van der Waals surface area contributed by atoms with E-state index in [-0.39, 0.29) is 5.97 Å². The van der Waals surface area contributed by atoms with Crippen LogP contribution in [0.2, 0.25) is 0 Å². The highest BCUT2D eigenvalue weighted by Crippen LogP contribution is 2.06. The monoisotopic (exact) mass is 194 g/mol. The first-order chi connectivity index (χ1) is 6.65. The van der Waals surface area contributed by atoms with Crippen molar-refractivity contribution in [3.63, 3.8) is 0 Å². The molecule has 0 bridgehead atoms. The molecular weight excluding hydrogens is 178 g/mol. The molecule has 3 nitrogen and oxygen atoms in total. The second kappa shape index (κ2) is 4.77. The van der Waals surface area contributed by atoms with Crippen molar-refractivity contribution in [2.75, 3.05) is 20.7 Å².